The molecule has 3 N–H and O–H groups in total. The largest absolute Gasteiger partial charge is 0.496 e. The Morgan fingerprint density at radius 3 is 2.42 bits per heavy atom. The van der Waals surface area contributed by atoms with E-state index in [9.17, 15) is 24.0 Å². The number of nitrogens with one attached hydrogen (secondary N) is 2. The van der Waals surface area contributed by atoms with Gasteiger partial charge in [-0.15, -0.1) is 13.7 Å². The van der Waals surface area contributed by atoms with Gasteiger partial charge in [0.15, 0.2) is 6.10 Å². The normalized spacial score (nSPS) is 23.0. The van der Waals surface area contributed by atoms with Gasteiger partial charge in [-0.05, 0) is 92.9 Å². The fraction of sp³-hybridized carbons (Fsp3) is 0.553. The summed E-state index contributed by atoms with van der Waals surface area (Å²) in [5.74, 6) is -2.36. The molecule has 1 saturated heterocycles. The first-order valence-corrected chi connectivity index (χ1v) is 23.9. The number of rotatable bonds is 16. The van der Waals surface area contributed by atoms with E-state index in [1.54, 1.807) is 38.0 Å². The van der Waals surface area contributed by atoms with Gasteiger partial charge >= 0.3 is 17.9 Å². The van der Waals surface area contributed by atoms with Crippen molar-refractivity contribution in [1.29, 1.82) is 0 Å². The number of cyclic esters (lactones) is 2. The van der Waals surface area contributed by atoms with E-state index in [4.69, 9.17) is 19.3 Å². The Morgan fingerprint density at radius 1 is 1.06 bits per heavy atom. The molecule has 2 amide bonds. The monoisotopic (exact) mass is 922 g/mol. The second kappa shape index (κ2) is 24.5. The molecule has 0 radical (unpaired) electrons. The maximum atomic E-state index is 13.9. The van der Waals surface area contributed by atoms with E-state index < -0.39 is 53.4 Å². The van der Waals surface area contributed by atoms with E-state index in [0.29, 0.717) is 40.4 Å². The van der Waals surface area contributed by atoms with E-state index in [-0.39, 0.29) is 55.4 Å². The van der Waals surface area contributed by atoms with Crippen LogP contribution in [0.2, 0.25) is 0 Å². The summed E-state index contributed by atoms with van der Waals surface area (Å²) in [7, 11) is 4.21. The number of esters is 2. The van der Waals surface area contributed by atoms with E-state index >= 15 is 0 Å². The number of ether oxygens (including phenoxy) is 3. The number of aryl methyl sites for hydroxylation is 2. The molecular weight excluding hydrogens is 856 g/mol. The Balaban J connectivity index is 0.00000442. The average molecular weight is 923 g/mol. The maximum absolute atomic E-state index is 13.9. The van der Waals surface area contributed by atoms with Crippen LogP contribution in [0.1, 0.15) is 93.9 Å². The lowest BCUT2D eigenvalue weighted by Gasteiger charge is -2.30. The summed E-state index contributed by atoms with van der Waals surface area (Å²) < 4.78 is 19.2. The Labute approximate surface area is 385 Å². The molecule has 1 fully saturated rings. The molecule has 0 spiro atoms. The first-order chi connectivity index (χ1) is 30.4. The minimum absolute atomic E-state index is 0.0187. The SMILES string of the molecule is COc1ccc(C[C@H]2NC(=O)/C=C/C[C@@H]([C@H](C)C3PC3c3ccc(CN(C)Cc4cn(CCCC(=O)O)nn4)cc3)OC(=O)[C@H](CC(C)C)OC(=O)C(C)(C)CNC2=O)cc1C.CS. The number of hydrogen-bond acceptors (Lipinski definition) is 12. The minimum atomic E-state index is -1.19. The molecule has 1 aromatic heterocycles. The van der Waals surface area contributed by atoms with E-state index in [1.165, 1.54) is 11.6 Å². The van der Waals surface area contributed by atoms with Crippen LogP contribution in [0, 0.1) is 24.2 Å². The molecule has 2 aliphatic heterocycles. The number of carboxylic acid groups (broad SMARTS) is 1. The number of carboxylic acids is 1. The smallest absolute Gasteiger partial charge is 0.347 e. The third kappa shape index (κ3) is 15.7. The Hall–Kier alpha value is -4.79. The highest BCUT2D eigenvalue weighted by Crippen LogP contribution is 2.65. The molecular formula is C47H67N6O9PS. The average Bonchev–Trinajstić information content (AvgIpc) is 3.93. The van der Waals surface area contributed by atoms with Crippen molar-refractivity contribution in [2.24, 2.45) is 17.3 Å². The lowest BCUT2D eigenvalue weighted by molar-refractivity contribution is -0.179. The van der Waals surface area contributed by atoms with Gasteiger partial charge in [-0.25, -0.2) is 4.79 Å². The van der Waals surface area contributed by atoms with Gasteiger partial charge in [0.1, 0.15) is 17.9 Å². The fourth-order valence-electron chi connectivity index (χ4n) is 7.58. The molecule has 0 aliphatic carbocycles. The van der Waals surface area contributed by atoms with Gasteiger partial charge < -0.3 is 30.0 Å². The van der Waals surface area contributed by atoms with Crippen LogP contribution in [0.5, 0.6) is 5.75 Å². The van der Waals surface area contributed by atoms with E-state index in [2.05, 4.69) is 69.7 Å². The summed E-state index contributed by atoms with van der Waals surface area (Å²) >= 11 is 3.53. The van der Waals surface area contributed by atoms with Crippen molar-refractivity contribution in [1.82, 2.24) is 30.5 Å². The number of benzene rings is 2. The molecule has 3 unspecified atom stereocenters. The van der Waals surface area contributed by atoms with Crippen molar-refractivity contribution in [2.75, 3.05) is 27.0 Å². The molecule has 3 aromatic rings. The zero-order valence-corrected chi connectivity index (χ0v) is 40.5. The molecule has 0 bridgehead atoms. The molecule has 64 heavy (non-hydrogen) atoms. The summed E-state index contributed by atoms with van der Waals surface area (Å²) in [6.07, 6.45) is 6.17. The third-order valence-electron chi connectivity index (χ3n) is 11.3. The second-order valence-corrected chi connectivity index (χ2v) is 19.3. The highest BCUT2D eigenvalue weighted by Gasteiger charge is 2.46. The minimum Gasteiger partial charge on any atom is -0.496 e. The molecule has 2 aliphatic rings. The number of nitrogens with zero attached hydrogens (tertiary/aromatic N) is 4. The van der Waals surface area contributed by atoms with Gasteiger partial charge in [0, 0.05) is 63.2 Å². The molecule has 15 nitrogen and oxygen atoms in total. The number of aliphatic carboxylic acids is 1. The summed E-state index contributed by atoms with van der Waals surface area (Å²) in [6.45, 7) is 12.9. The predicted molar refractivity (Wildman–Crippen MR) is 251 cm³/mol. The van der Waals surface area contributed by atoms with Gasteiger partial charge in [-0.1, -0.05) is 68.5 Å². The van der Waals surface area contributed by atoms with E-state index in [1.807, 2.05) is 52.2 Å². The number of amides is 2. The zero-order chi connectivity index (χ0) is 47.1. The molecule has 7 atom stereocenters. The van der Waals surface area contributed by atoms with Crippen LogP contribution in [0.4, 0.5) is 0 Å². The third-order valence-corrected chi connectivity index (χ3v) is 13.2. The van der Waals surface area contributed by atoms with Crippen LogP contribution in [-0.2, 0) is 59.5 Å². The molecule has 5 rings (SSSR count). The fourth-order valence-corrected chi connectivity index (χ4v) is 9.28. The summed E-state index contributed by atoms with van der Waals surface area (Å²) in [4.78, 5) is 67.6. The van der Waals surface area contributed by atoms with Crippen molar-refractivity contribution in [2.45, 2.75) is 123 Å². The summed E-state index contributed by atoms with van der Waals surface area (Å²) in [5.41, 5.74) is 4.19. The van der Waals surface area contributed by atoms with Gasteiger partial charge in [0.2, 0.25) is 11.8 Å². The highest BCUT2D eigenvalue weighted by atomic mass is 32.1. The van der Waals surface area contributed by atoms with E-state index in [0.717, 1.165) is 22.4 Å². The van der Waals surface area contributed by atoms with Crippen LogP contribution in [0.3, 0.4) is 0 Å². The lowest BCUT2D eigenvalue weighted by Crippen LogP contribution is -2.51. The Kier molecular flexibility index (Phi) is 19.8. The van der Waals surface area contributed by atoms with Crippen LogP contribution in [0.15, 0.2) is 60.8 Å². The standard InChI is InChI=1S/C46H63N6O9P.CH4S/c1-28(2)21-38-44(57)60-37(11-9-12-39(53)48-35(23-32-16-19-36(59-8)29(3)22-32)43(56)47-27-46(5,6)45(58)61-38)30(4)41-42(62-41)33-17-14-31(15-18-33)24-51(7)25-34-26-52(50-49-34)20-10-13-40(54)55;1-2/h9,12,14-19,22,26,28,30,35,37-38,41-42,62H,10-11,13,20-21,23-25,27H2,1-8H3,(H,47,56)(H,48,53)(H,54,55);2H,1H3/b12-9+;/t30-,35+,37-,38-,41?,42?;/m0./s1. The van der Waals surface area contributed by atoms with Gasteiger partial charge in [-0.2, -0.15) is 12.6 Å². The van der Waals surface area contributed by atoms with Gasteiger partial charge in [0.05, 0.1) is 18.2 Å². The molecule has 350 valence electrons. The van der Waals surface area contributed by atoms with Crippen molar-refractivity contribution < 1.29 is 43.3 Å². The summed E-state index contributed by atoms with van der Waals surface area (Å²) in [6, 6.07) is 13.2. The highest BCUT2D eigenvalue weighted by molar-refractivity contribution is 7.79. The number of methoxy groups -OCH3 is 1. The number of hydrogen-bond donors (Lipinski definition) is 4. The van der Waals surface area contributed by atoms with Gasteiger partial charge in [-0.3, -0.25) is 28.8 Å². The van der Waals surface area contributed by atoms with Crippen LogP contribution in [0.25, 0.3) is 0 Å². The molecule has 0 saturated carbocycles. The topological polar surface area (TPSA) is 191 Å². The second-order valence-electron chi connectivity index (χ2n) is 17.7. The van der Waals surface area contributed by atoms with Crippen molar-refractivity contribution in [3.8, 4) is 5.75 Å². The Morgan fingerprint density at radius 2 is 1.77 bits per heavy atom. The van der Waals surface area contributed by atoms with Crippen LogP contribution < -0.4 is 15.4 Å². The first kappa shape index (κ1) is 51.8. The molecule has 2 aromatic carbocycles. The number of carbonyl (C=O) groups is 5. The van der Waals surface area contributed by atoms with Crippen molar-refractivity contribution in [3.63, 3.8) is 0 Å². The quantitative estimate of drug-likeness (QED) is 0.0738. The lowest BCUT2D eigenvalue weighted by atomic mass is 9.92. The number of carbonyl (C=O) groups excluding carboxylic acids is 4. The predicted octanol–water partition coefficient (Wildman–Crippen LogP) is 6.08. The van der Waals surface area contributed by atoms with Crippen LogP contribution in [-0.4, -0.2) is 106 Å². The van der Waals surface area contributed by atoms with Crippen molar-refractivity contribution >= 4 is 50.9 Å². The number of aromatic nitrogens is 3. The first-order valence-electron chi connectivity index (χ1n) is 21.8. The molecule has 17 heteroatoms. The number of thiol groups is 1. The van der Waals surface area contributed by atoms with Crippen LogP contribution >= 0.6 is 21.2 Å². The summed E-state index contributed by atoms with van der Waals surface area (Å²) in [5, 5.41) is 22.9. The maximum Gasteiger partial charge on any atom is 0.347 e. The zero-order valence-electron chi connectivity index (χ0n) is 38.6. The Bertz CT molecular complexity index is 2080. The van der Waals surface area contributed by atoms with Crippen molar-refractivity contribution in [3.05, 3.63) is 88.8 Å². The molecule has 3 heterocycles. The van der Waals surface area contributed by atoms with Gasteiger partial charge in [0.25, 0.3) is 0 Å².